The summed E-state index contributed by atoms with van der Waals surface area (Å²) in [6.45, 7) is 9.69. The highest BCUT2D eigenvalue weighted by atomic mass is 35.5. The summed E-state index contributed by atoms with van der Waals surface area (Å²) >= 11 is 6.12. The van der Waals surface area contributed by atoms with Crippen molar-refractivity contribution in [3.63, 3.8) is 0 Å². The number of nitrogens with zero attached hydrogens (tertiary/aromatic N) is 2. The maximum atomic E-state index is 6.12. The molecule has 1 rings (SSSR count). The van der Waals surface area contributed by atoms with Gasteiger partial charge in [-0.2, -0.15) is 0 Å². The molecule has 18 heavy (non-hydrogen) atoms. The number of rotatable bonds is 6. The van der Waals surface area contributed by atoms with E-state index in [1.54, 1.807) is 7.11 Å². The number of methoxy groups -OCH3 is 1. The zero-order chi connectivity index (χ0) is 13.7. The molecule has 0 bridgehead atoms. The van der Waals surface area contributed by atoms with Gasteiger partial charge in [-0.1, -0.05) is 32.4 Å². The Hall–Kier alpha value is -0.870. The monoisotopic (exact) mass is 271 g/mol. The molecule has 1 atom stereocenters. The van der Waals surface area contributed by atoms with E-state index in [1.807, 2.05) is 6.92 Å². The van der Waals surface area contributed by atoms with Crippen molar-refractivity contribution in [1.29, 1.82) is 0 Å². The third-order valence-electron chi connectivity index (χ3n) is 2.69. The van der Waals surface area contributed by atoms with Crippen LogP contribution in [-0.4, -0.2) is 30.2 Å². The van der Waals surface area contributed by atoms with Crippen molar-refractivity contribution in [1.82, 2.24) is 9.97 Å². The lowest BCUT2D eigenvalue weighted by Crippen LogP contribution is -2.18. The van der Waals surface area contributed by atoms with Crippen LogP contribution in [0, 0.1) is 12.8 Å². The van der Waals surface area contributed by atoms with E-state index in [-0.39, 0.29) is 5.92 Å². The van der Waals surface area contributed by atoms with Crippen molar-refractivity contribution in [3.8, 4) is 0 Å². The number of hydrogen-bond donors (Lipinski definition) is 1. The zero-order valence-corrected chi connectivity index (χ0v) is 12.5. The number of aromatic nitrogens is 2. The van der Waals surface area contributed by atoms with Crippen LogP contribution in [0.25, 0.3) is 0 Å². The van der Waals surface area contributed by atoms with Crippen LogP contribution >= 0.6 is 11.6 Å². The van der Waals surface area contributed by atoms with Crippen LogP contribution in [0.5, 0.6) is 0 Å². The SMILES string of the molecule is COCC(C)CNc1nc(C(C)C)nc(Cl)c1C. The van der Waals surface area contributed by atoms with Crippen molar-refractivity contribution in [3.05, 3.63) is 16.5 Å². The van der Waals surface area contributed by atoms with Gasteiger partial charge < -0.3 is 10.1 Å². The third-order valence-corrected chi connectivity index (χ3v) is 3.06. The average Bonchev–Trinajstić information content (AvgIpc) is 2.31. The third kappa shape index (κ3) is 4.10. The minimum Gasteiger partial charge on any atom is -0.384 e. The number of anilines is 1. The highest BCUT2D eigenvalue weighted by Gasteiger charge is 2.12. The van der Waals surface area contributed by atoms with Gasteiger partial charge >= 0.3 is 0 Å². The van der Waals surface area contributed by atoms with Gasteiger partial charge in [-0.25, -0.2) is 9.97 Å². The van der Waals surface area contributed by atoms with E-state index in [2.05, 4.69) is 36.1 Å². The van der Waals surface area contributed by atoms with Gasteiger partial charge in [0.1, 0.15) is 16.8 Å². The Morgan fingerprint density at radius 2 is 1.94 bits per heavy atom. The normalized spacial score (nSPS) is 12.8. The molecule has 1 aromatic rings. The van der Waals surface area contributed by atoms with E-state index in [4.69, 9.17) is 16.3 Å². The fourth-order valence-electron chi connectivity index (χ4n) is 1.55. The molecule has 5 heteroatoms. The molecule has 1 heterocycles. The number of ether oxygens (including phenoxy) is 1. The van der Waals surface area contributed by atoms with Crippen molar-refractivity contribution in [2.24, 2.45) is 5.92 Å². The van der Waals surface area contributed by atoms with Crippen LogP contribution in [0.2, 0.25) is 5.15 Å². The molecule has 102 valence electrons. The van der Waals surface area contributed by atoms with Gasteiger partial charge in [-0.3, -0.25) is 0 Å². The molecule has 0 saturated heterocycles. The summed E-state index contributed by atoms with van der Waals surface area (Å²) < 4.78 is 5.11. The summed E-state index contributed by atoms with van der Waals surface area (Å²) in [6, 6.07) is 0. The summed E-state index contributed by atoms with van der Waals surface area (Å²) in [7, 11) is 1.71. The predicted molar refractivity (Wildman–Crippen MR) is 75.4 cm³/mol. The van der Waals surface area contributed by atoms with E-state index < -0.39 is 0 Å². The molecular weight excluding hydrogens is 250 g/mol. The van der Waals surface area contributed by atoms with Gasteiger partial charge in [0.15, 0.2) is 0 Å². The van der Waals surface area contributed by atoms with Crippen LogP contribution in [0.1, 0.15) is 38.1 Å². The fourth-order valence-corrected chi connectivity index (χ4v) is 1.73. The maximum absolute atomic E-state index is 6.12. The summed E-state index contributed by atoms with van der Waals surface area (Å²) in [5.74, 6) is 2.28. The Labute approximate surface area is 114 Å². The molecule has 0 aliphatic rings. The van der Waals surface area contributed by atoms with Crippen LogP contribution < -0.4 is 5.32 Å². The molecule has 1 N–H and O–H groups in total. The minimum atomic E-state index is 0.264. The Bertz CT molecular complexity index is 396. The van der Waals surface area contributed by atoms with Gasteiger partial charge in [0.05, 0.1) is 6.61 Å². The van der Waals surface area contributed by atoms with Gasteiger partial charge in [-0.15, -0.1) is 0 Å². The van der Waals surface area contributed by atoms with Crippen LogP contribution in [-0.2, 0) is 4.74 Å². The molecule has 0 fully saturated rings. The summed E-state index contributed by atoms with van der Waals surface area (Å²) in [4.78, 5) is 8.80. The molecule has 4 nitrogen and oxygen atoms in total. The van der Waals surface area contributed by atoms with Gasteiger partial charge in [0.25, 0.3) is 0 Å². The molecule has 0 spiro atoms. The summed E-state index contributed by atoms with van der Waals surface area (Å²) in [6.07, 6.45) is 0. The molecule has 0 aliphatic carbocycles. The lowest BCUT2D eigenvalue weighted by Gasteiger charge is -2.15. The van der Waals surface area contributed by atoms with Gasteiger partial charge in [0.2, 0.25) is 0 Å². The first-order chi connectivity index (χ1) is 8.45. The average molecular weight is 272 g/mol. The molecule has 0 aliphatic heterocycles. The first kappa shape index (κ1) is 15.2. The van der Waals surface area contributed by atoms with Gasteiger partial charge in [0, 0.05) is 25.1 Å². The standard InChI is InChI=1S/C13H22ClN3O/c1-8(2)12-16-11(14)10(4)13(17-12)15-6-9(3)7-18-5/h8-9H,6-7H2,1-5H3,(H,15,16,17). The van der Waals surface area contributed by atoms with E-state index in [0.29, 0.717) is 11.1 Å². The molecule has 0 saturated carbocycles. The lowest BCUT2D eigenvalue weighted by atomic mass is 10.2. The summed E-state index contributed by atoms with van der Waals surface area (Å²) in [5.41, 5.74) is 0.894. The molecule has 1 aromatic heterocycles. The Balaban J connectivity index is 2.81. The van der Waals surface area contributed by atoms with E-state index in [0.717, 1.165) is 30.4 Å². The molecular formula is C13H22ClN3O. The van der Waals surface area contributed by atoms with E-state index in [1.165, 1.54) is 0 Å². The Morgan fingerprint density at radius 1 is 1.28 bits per heavy atom. The minimum absolute atomic E-state index is 0.264. The van der Waals surface area contributed by atoms with E-state index >= 15 is 0 Å². The van der Waals surface area contributed by atoms with Crippen LogP contribution in [0.4, 0.5) is 5.82 Å². The lowest BCUT2D eigenvalue weighted by molar-refractivity contribution is 0.164. The Morgan fingerprint density at radius 3 is 2.50 bits per heavy atom. The summed E-state index contributed by atoms with van der Waals surface area (Å²) in [5, 5.41) is 3.84. The smallest absolute Gasteiger partial charge is 0.137 e. The first-order valence-electron chi connectivity index (χ1n) is 6.22. The second-order valence-corrected chi connectivity index (χ2v) is 5.30. The maximum Gasteiger partial charge on any atom is 0.137 e. The second kappa shape index (κ2) is 6.90. The van der Waals surface area contributed by atoms with Crippen LogP contribution in [0.15, 0.2) is 0 Å². The fraction of sp³-hybridized carbons (Fsp3) is 0.692. The van der Waals surface area contributed by atoms with Crippen molar-refractivity contribution in [2.45, 2.75) is 33.6 Å². The highest BCUT2D eigenvalue weighted by molar-refractivity contribution is 6.30. The van der Waals surface area contributed by atoms with Crippen molar-refractivity contribution >= 4 is 17.4 Å². The largest absolute Gasteiger partial charge is 0.384 e. The zero-order valence-electron chi connectivity index (χ0n) is 11.7. The predicted octanol–water partition coefficient (Wildman–Crippen LogP) is 3.26. The van der Waals surface area contributed by atoms with E-state index in [9.17, 15) is 0 Å². The van der Waals surface area contributed by atoms with Crippen molar-refractivity contribution in [2.75, 3.05) is 25.6 Å². The molecule has 1 unspecified atom stereocenters. The molecule has 0 aromatic carbocycles. The Kier molecular flexibility index (Phi) is 5.82. The molecule has 0 radical (unpaired) electrons. The topological polar surface area (TPSA) is 47.0 Å². The number of nitrogens with one attached hydrogen (secondary N) is 1. The van der Waals surface area contributed by atoms with Crippen LogP contribution in [0.3, 0.4) is 0 Å². The highest BCUT2D eigenvalue weighted by Crippen LogP contribution is 2.23. The molecule has 0 amide bonds. The number of hydrogen-bond acceptors (Lipinski definition) is 4. The van der Waals surface area contributed by atoms with Gasteiger partial charge in [-0.05, 0) is 12.8 Å². The van der Waals surface area contributed by atoms with Crippen molar-refractivity contribution < 1.29 is 4.74 Å². The quantitative estimate of drug-likeness (QED) is 0.807. The first-order valence-corrected chi connectivity index (χ1v) is 6.60. The number of halogens is 1. The second-order valence-electron chi connectivity index (χ2n) is 4.94.